The Labute approximate surface area is 122 Å². The zero-order valence-corrected chi connectivity index (χ0v) is 12.2. The predicted molar refractivity (Wildman–Crippen MR) is 75.8 cm³/mol. The number of rotatable bonds is 3. The average molecular weight is 300 g/mol. The van der Waals surface area contributed by atoms with Gasteiger partial charge >= 0.3 is 6.18 Å². The molecular formula is C15H19F3N2O. The standard InChI is InChI=1S/C15H19F3N2O/c1-19(2)13-4-3-7-20(9-13)12-6-5-11(10-21)14(8-12)15(16,17)18/h5-6,8,10,13H,3-4,7,9H2,1-2H3. The van der Waals surface area contributed by atoms with E-state index < -0.39 is 11.7 Å². The highest BCUT2D eigenvalue weighted by molar-refractivity contribution is 5.79. The van der Waals surface area contributed by atoms with E-state index in [1.165, 1.54) is 6.07 Å². The van der Waals surface area contributed by atoms with E-state index >= 15 is 0 Å². The molecule has 0 aliphatic carbocycles. The van der Waals surface area contributed by atoms with Gasteiger partial charge in [0.2, 0.25) is 0 Å². The molecule has 0 radical (unpaired) electrons. The van der Waals surface area contributed by atoms with Crippen LogP contribution in [-0.4, -0.2) is 44.4 Å². The number of aldehydes is 1. The van der Waals surface area contributed by atoms with Crippen molar-refractivity contribution in [2.75, 3.05) is 32.1 Å². The third-order valence-corrected chi connectivity index (χ3v) is 3.96. The zero-order valence-electron chi connectivity index (χ0n) is 12.2. The van der Waals surface area contributed by atoms with Gasteiger partial charge in [-0.25, -0.2) is 0 Å². The van der Waals surface area contributed by atoms with E-state index in [2.05, 4.69) is 4.90 Å². The van der Waals surface area contributed by atoms with Crippen molar-refractivity contribution in [1.29, 1.82) is 0 Å². The highest BCUT2D eigenvalue weighted by Gasteiger charge is 2.34. The van der Waals surface area contributed by atoms with Gasteiger partial charge in [-0.15, -0.1) is 0 Å². The van der Waals surface area contributed by atoms with Crippen LogP contribution in [0.4, 0.5) is 18.9 Å². The molecule has 1 aliphatic rings. The van der Waals surface area contributed by atoms with Gasteiger partial charge in [0.15, 0.2) is 6.29 Å². The number of alkyl halides is 3. The maximum Gasteiger partial charge on any atom is 0.417 e. The minimum Gasteiger partial charge on any atom is -0.370 e. The van der Waals surface area contributed by atoms with Crippen LogP contribution in [0.1, 0.15) is 28.8 Å². The van der Waals surface area contributed by atoms with Gasteiger partial charge < -0.3 is 9.80 Å². The first kappa shape index (κ1) is 15.8. The van der Waals surface area contributed by atoms with Gasteiger partial charge in [0.25, 0.3) is 0 Å². The van der Waals surface area contributed by atoms with Crippen molar-refractivity contribution < 1.29 is 18.0 Å². The summed E-state index contributed by atoms with van der Waals surface area (Å²) in [4.78, 5) is 14.8. The number of benzene rings is 1. The molecule has 0 aromatic heterocycles. The molecule has 0 amide bonds. The maximum atomic E-state index is 13.0. The number of hydrogen-bond donors (Lipinski definition) is 0. The van der Waals surface area contributed by atoms with Gasteiger partial charge in [0, 0.05) is 30.4 Å². The lowest BCUT2D eigenvalue weighted by Crippen LogP contribution is -2.45. The van der Waals surface area contributed by atoms with Crippen molar-refractivity contribution in [3.63, 3.8) is 0 Å². The van der Waals surface area contributed by atoms with Gasteiger partial charge in [-0.05, 0) is 45.1 Å². The first-order valence-electron chi connectivity index (χ1n) is 6.90. The Bertz CT molecular complexity index is 514. The van der Waals surface area contributed by atoms with Crippen molar-refractivity contribution in [1.82, 2.24) is 4.90 Å². The Hall–Kier alpha value is -1.56. The predicted octanol–water partition coefficient (Wildman–Crippen LogP) is 3.05. The van der Waals surface area contributed by atoms with E-state index in [0.29, 0.717) is 18.3 Å². The topological polar surface area (TPSA) is 23.6 Å². The Kier molecular flexibility index (Phi) is 4.56. The fraction of sp³-hybridized carbons (Fsp3) is 0.533. The van der Waals surface area contributed by atoms with Crippen LogP contribution >= 0.6 is 0 Å². The van der Waals surface area contributed by atoms with Crippen molar-refractivity contribution in [2.24, 2.45) is 0 Å². The van der Waals surface area contributed by atoms with Crippen LogP contribution < -0.4 is 4.90 Å². The van der Waals surface area contributed by atoms with Crippen molar-refractivity contribution in [3.8, 4) is 0 Å². The molecular weight excluding hydrogens is 281 g/mol. The summed E-state index contributed by atoms with van der Waals surface area (Å²) >= 11 is 0. The van der Waals surface area contributed by atoms with Gasteiger partial charge in [-0.1, -0.05) is 0 Å². The number of nitrogens with zero attached hydrogens (tertiary/aromatic N) is 2. The van der Waals surface area contributed by atoms with Crippen LogP contribution in [0.5, 0.6) is 0 Å². The quantitative estimate of drug-likeness (QED) is 0.802. The maximum absolute atomic E-state index is 13.0. The molecule has 6 heteroatoms. The number of carbonyl (C=O) groups is 1. The number of piperidine rings is 1. The largest absolute Gasteiger partial charge is 0.417 e. The molecule has 2 rings (SSSR count). The summed E-state index contributed by atoms with van der Waals surface area (Å²) in [6.45, 7) is 1.44. The minimum atomic E-state index is -4.51. The molecule has 116 valence electrons. The summed E-state index contributed by atoms with van der Waals surface area (Å²) in [6.07, 6.45) is -2.27. The fourth-order valence-corrected chi connectivity index (χ4v) is 2.70. The van der Waals surface area contributed by atoms with E-state index in [0.717, 1.165) is 25.5 Å². The van der Waals surface area contributed by atoms with E-state index in [9.17, 15) is 18.0 Å². The first-order chi connectivity index (χ1) is 9.82. The first-order valence-corrected chi connectivity index (χ1v) is 6.90. The van der Waals surface area contributed by atoms with E-state index in [1.54, 1.807) is 6.07 Å². The third kappa shape index (κ3) is 3.56. The fourth-order valence-electron chi connectivity index (χ4n) is 2.70. The van der Waals surface area contributed by atoms with Crippen LogP contribution in [0.15, 0.2) is 18.2 Å². The molecule has 0 bridgehead atoms. The Morgan fingerprint density at radius 1 is 1.33 bits per heavy atom. The molecule has 1 aromatic carbocycles. The molecule has 1 fully saturated rings. The molecule has 1 aliphatic heterocycles. The second-order valence-corrected chi connectivity index (χ2v) is 5.59. The highest BCUT2D eigenvalue weighted by Crippen LogP contribution is 2.34. The highest BCUT2D eigenvalue weighted by atomic mass is 19.4. The molecule has 1 unspecified atom stereocenters. The number of anilines is 1. The molecule has 3 nitrogen and oxygen atoms in total. The molecule has 1 atom stereocenters. The van der Waals surface area contributed by atoms with Crippen molar-refractivity contribution in [3.05, 3.63) is 29.3 Å². The SMILES string of the molecule is CN(C)C1CCCN(c2ccc(C=O)c(C(F)(F)F)c2)C1. The number of carbonyl (C=O) groups excluding carboxylic acids is 1. The third-order valence-electron chi connectivity index (χ3n) is 3.96. The number of halogens is 3. The summed E-state index contributed by atoms with van der Waals surface area (Å²) in [5, 5.41) is 0. The molecule has 0 N–H and O–H groups in total. The van der Waals surface area contributed by atoms with Crippen molar-refractivity contribution in [2.45, 2.75) is 25.1 Å². The van der Waals surface area contributed by atoms with E-state index in [1.807, 2.05) is 19.0 Å². The summed E-state index contributed by atoms with van der Waals surface area (Å²) < 4.78 is 39.0. The lowest BCUT2D eigenvalue weighted by molar-refractivity contribution is -0.137. The van der Waals surface area contributed by atoms with Crippen LogP contribution in [0.25, 0.3) is 0 Å². The molecule has 1 heterocycles. The van der Waals surface area contributed by atoms with Crippen LogP contribution in [0.3, 0.4) is 0 Å². The monoisotopic (exact) mass is 300 g/mol. The normalized spacial score (nSPS) is 19.9. The zero-order chi connectivity index (χ0) is 15.6. The van der Waals surface area contributed by atoms with Crippen LogP contribution in [0.2, 0.25) is 0 Å². The summed E-state index contributed by atoms with van der Waals surface area (Å²) in [7, 11) is 3.95. The molecule has 21 heavy (non-hydrogen) atoms. The van der Waals surface area contributed by atoms with Gasteiger partial charge in [-0.3, -0.25) is 4.79 Å². The Morgan fingerprint density at radius 2 is 2.05 bits per heavy atom. The van der Waals surface area contributed by atoms with Crippen molar-refractivity contribution >= 4 is 12.0 Å². The number of likely N-dealkylation sites (N-methyl/N-ethyl adjacent to an activating group) is 1. The van der Waals surface area contributed by atoms with Gasteiger partial charge in [-0.2, -0.15) is 13.2 Å². The van der Waals surface area contributed by atoms with E-state index in [4.69, 9.17) is 0 Å². The lowest BCUT2D eigenvalue weighted by atomic mass is 10.0. The smallest absolute Gasteiger partial charge is 0.370 e. The second-order valence-electron chi connectivity index (χ2n) is 5.59. The van der Waals surface area contributed by atoms with Gasteiger partial charge in [0.05, 0.1) is 5.56 Å². The molecule has 0 spiro atoms. The Morgan fingerprint density at radius 3 is 2.62 bits per heavy atom. The number of hydrogen-bond acceptors (Lipinski definition) is 3. The van der Waals surface area contributed by atoms with Crippen LogP contribution in [0, 0.1) is 0 Å². The van der Waals surface area contributed by atoms with Gasteiger partial charge in [0.1, 0.15) is 0 Å². The molecule has 1 saturated heterocycles. The minimum absolute atomic E-state index is 0.255. The van der Waals surface area contributed by atoms with Crippen LogP contribution in [-0.2, 0) is 6.18 Å². The Balaban J connectivity index is 2.30. The summed E-state index contributed by atoms with van der Waals surface area (Å²) in [5.74, 6) is 0. The molecule has 0 saturated carbocycles. The molecule has 1 aromatic rings. The lowest BCUT2D eigenvalue weighted by Gasteiger charge is -2.37. The average Bonchev–Trinajstić information content (AvgIpc) is 2.45. The second kappa shape index (κ2) is 6.05. The summed E-state index contributed by atoms with van der Waals surface area (Å²) in [6, 6.07) is 4.27. The van der Waals surface area contributed by atoms with E-state index in [-0.39, 0.29) is 11.8 Å². The summed E-state index contributed by atoms with van der Waals surface area (Å²) in [5.41, 5.74) is -0.645.